The Morgan fingerprint density at radius 2 is 1.97 bits per heavy atom. The number of amides is 1. The molecule has 1 aromatic carbocycles. The van der Waals surface area contributed by atoms with Crippen molar-refractivity contribution in [3.63, 3.8) is 0 Å². The van der Waals surface area contributed by atoms with E-state index in [1.54, 1.807) is 55.2 Å². The SMILES string of the molecule is CCCCOc1cccc(/C(O)=C2\C(=O)C(=O)N(CCCn3ccnc3)C2c2cccnc2)c1. The van der Waals surface area contributed by atoms with Crippen LogP contribution in [-0.4, -0.2) is 49.4 Å². The van der Waals surface area contributed by atoms with Crippen LogP contribution in [0.25, 0.3) is 5.76 Å². The molecular weight excluding hydrogens is 432 g/mol. The first-order chi connectivity index (χ1) is 16.6. The highest BCUT2D eigenvalue weighted by Crippen LogP contribution is 2.39. The molecule has 2 aromatic heterocycles. The van der Waals surface area contributed by atoms with Gasteiger partial charge in [0.05, 0.1) is 24.5 Å². The van der Waals surface area contributed by atoms with Crippen LogP contribution in [0, 0.1) is 0 Å². The van der Waals surface area contributed by atoms with E-state index in [9.17, 15) is 14.7 Å². The summed E-state index contributed by atoms with van der Waals surface area (Å²) in [4.78, 5) is 35.9. The van der Waals surface area contributed by atoms with Crippen molar-refractivity contribution in [2.75, 3.05) is 13.2 Å². The largest absolute Gasteiger partial charge is 0.507 e. The molecule has 3 heterocycles. The number of nitrogens with zero attached hydrogens (tertiary/aromatic N) is 4. The lowest BCUT2D eigenvalue weighted by molar-refractivity contribution is -0.139. The average Bonchev–Trinajstić information content (AvgIpc) is 3.47. The van der Waals surface area contributed by atoms with Crippen molar-refractivity contribution in [1.82, 2.24) is 19.4 Å². The minimum Gasteiger partial charge on any atom is -0.507 e. The van der Waals surface area contributed by atoms with Gasteiger partial charge in [-0.05, 0) is 36.6 Å². The van der Waals surface area contributed by atoms with Gasteiger partial charge in [0.1, 0.15) is 11.5 Å². The van der Waals surface area contributed by atoms with Crippen molar-refractivity contribution in [3.05, 3.63) is 84.2 Å². The monoisotopic (exact) mass is 460 g/mol. The van der Waals surface area contributed by atoms with Crippen molar-refractivity contribution in [3.8, 4) is 5.75 Å². The van der Waals surface area contributed by atoms with Gasteiger partial charge in [-0.15, -0.1) is 0 Å². The Labute approximate surface area is 198 Å². The van der Waals surface area contributed by atoms with Crippen LogP contribution in [0.15, 0.2) is 73.1 Å². The topological polar surface area (TPSA) is 97.6 Å². The van der Waals surface area contributed by atoms with Gasteiger partial charge in [-0.25, -0.2) is 4.98 Å². The molecule has 8 heteroatoms. The number of aliphatic hydroxyl groups is 1. The number of pyridine rings is 1. The Morgan fingerprint density at radius 3 is 2.71 bits per heavy atom. The minimum atomic E-state index is -0.721. The van der Waals surface area contributed by atoms with Crippen LogP contribution in [0.3, 0.4) is 0 Å². The van der Waals surface area contributed by atoms with E-state index in [0.717, 1.165) is 12.8 Å². The molecule has 1 amide bonds. The number of hydrogen-bond donors (Lipinski definition) is 1. The summed E-state index contributed by atoms with van der Waals surface area (Å²) in [5.74, 6) is -0.946. The fourth-order valence-electron chi connectivity index (χ4n) is 4.06. The van der Waals surface area contributed by atoms with Gasteiger partial charge >= 0.3 is 0 Å². The van der Waals surface area contributed by atoms with Crippen molar-refractivity contribution < 1.29 is 19.4 Å². The number of benzene rings is 1. The molecule has 4 rings (SSSR count). The van der Waals surface area contributed by atoms with Gasteiger partial charge in [-0.2, -0.15) is 0 Å². The third-order valence-corrected chi connectivity index (χ3v) is 5.79. The second-order valence-corrected chi connectivity index (χ2v) is 8.16. The van der Waals surface area contributed by atoms with E-state index in [0.29, 0.717) is 43.0 Å². The third-order valence-electron chi connectivity index (χ3n) is 5.79. The first-order valence-corrected chi connectivity index (χ1v) is 11.5. The molecule has 0 aliphatic carbocycles. The van der Waals surface area contributed by atoms with Gasteiger partial charge in [-0.3, -0.25) is 14.6 Å². The molecule has 1 atom stereocenters. The molecule has 0 spiro atoms. The van der Waals surface area contributed by atoms with E-state index in [4.69, 9.17) is 4.74 Å². The smallest absolute Gasteiger partial charge is 0.295 e. The molecule has 8 nitrogen and oxygen atoms in total. The Bertz CT molecular complexity index is 1160. The number of rotatable bonds is 10. The molecule has 0 radical (unpaired) electrons. The number of unbranched alkanes of at least 4 members (excludes halogenated alkanes) is 1. The molecule has 1 aliphatic heterocycles. The lowest BCUT2D eigenvalue weighted by Gasteiger charge is -2.25. The predicted octanol–water partition coefficient (Wildman–Crippen LogP) is 3.97. The summed E-state index contributed by atoms with van der Waals surface area (Å²) in [5.41, 5.74) is 1.16. The summed E-state index contributed by atoms with van der Waals surface area (Å²) in [6.07, 6.45) is 11.1. The standard InChI is InChI=1S/C26H28N4O4/c1-2-3-15-34-21-9-4-7-19(16-21)24(31)22-23(20-8-5-10-27-17-20)30(26(33)25(22)32)13-6-12-29-14-11-28-18-29/h4-5,7-11,14,16-18,23,31H,2-3,6,12-13,15H2,1H3/b24-22+. The fourth-order valence-corrected chi connectivity index (χ4v) is 4.06. The number of aliphatic hydroxyl groups excluding tert-OH is 1. The highest BCUT2D eigenvalue weighted by Gasteiger charge is 2.45. The summed E-state index contributed by atoms with van der Waals surface area (Å²) in [6, 6.07) is 9.80. The van der Waals surface area contributed by atoms with Gasteiger partial charge in [0.15, 0.2) is 0 Å². The van der Waals surface area contributed by atoms with Crippen molar-refractivity contribution in [2.45, 2.75) is 38.8 Å². The van der Waals surface area contributed by atoms with Crippen LogP contribution in [0.4, 0.5) is 0 Å². The van der Waals surface area contributed by atoms with E-state index in [2.05, 4.69) is 16.9 Å². The molecule has 0 saturated carbocycles. The van der Waals surface area contributed by atoms with Crippen LogP contribution >= 0.6 is 0 Å². The number of carbonyl (C=O) groups is 2. The van der Waals surface area contributed by atoms with Gasteiger partial charge < -0.3 is 19.3 Å². The van der Waals surface area contributed by atoms with Gasteiger partial charge in [0.2, 0.25) is 0 Å². The molecule has 3 aromatic rings. The van der Waals surface area contributed by atoms with E-state index in [-0.39, 0.29) is 11.3 Å². The summed E-state index contributed by atoms with van der Waals surface area (Å²) in [7, 11) is 0. The quantitative estimate of drug-likeness (QED) is 0.213. The average molecular weight is 461 g/mol. The predicted molar refractivity (Wildman–Crippen MR) is 127 cm³/mol. The maximum atomic E-state index is 13.1. The summed E-state index contributed by atoms with van der Waals surface area (Å²) in [5, 5.41) is 11.2. The minimum absolute atomic E-state index is 0.0614. The molecule has 1 N–H and O–H groups in total. The van der Waals surface area contributed by atoms with E-state index < -0.39 is 17.7 Å². The number of aromatic nitrogens is 3. The molecule has 1 unspecified atom stereocenters. The number of ketones is 1. The molecule has 1 saturated heterocycles. The summed E-state index contributed by atoms with van der Waals surface area (Å²) in [6.45, 7) is 3.65. The highest BCUT2D eigenvalue weighted by atomic mass is 16.5. The zero-order chi connectivity index (χ0) is 23.9. The fraction of sp³-hybridized carbons (Fsp3) is 0.308. The molecule has 1 fully saturated rings. The Balaban J connectivity index is 1.66. The molecule has 34 heavy (non-hydrogen) atoms. The second kappa shape index (κ2) is 10.8. The molecular formula is C26H28N4O4. The zero-order valence-electron chi connectivity index (χ0n) is 19.1. The van der Waals surface area contributed by atoms with Crippen molar-refractivity contribution in [1.29, 1.82) is 0 Å². The summed E-state index contributed by atoms with van der Waals surface area (Å²) < 4.78 is 7.67. The first kappa shape index (κ1) is 23.2. The Kier molecular flexibility index (Phi) is 7.37. The van der Waals surface area contributed by atoms with Gasteiger partial charge in [0.25, 0.3) is 11.7 Å². The molecule has 0 bridgehead atoms. The summed E-state index contributed by atoms with van der Waals surface area (Å²) >= 11 is 0. The number of aryl methyl sites for hydroxylation is 1. The number of carbonyl (C=O) groups excluding carboxylic acids is 2. The van der Waals surface area contributed by atoms with Crippen LogP contribution in [0.2, 0.25) is 0 Å². The number of likely N-dealkylation sites (tertiary alicyclic amines) is 1. The Hall–Kier alpha value is -3.94. The van der Waals surface area contributed by atoms with Gasteiger partial charge in [-0.1, -0.05) is 31.5 Å². The zero-order valence-corrected chi connectivity index (χ0v) is 19.1. The molecule has 176 valence electrons. The van der Waals surface area contributed by atoms with Crippen molar-refractivity contribution in [2.24, 2.45) is 0 Å². The highest BCUT2D eigenvalue weighted by molar-refractivity contribution is 6.46. The third kappa shape index (κ3) is 5.01. The normalized spacial score (nSPS) is 17.3. The van der Waals surface area contributed by atoms with Crippen LogP contribution in [0.1, 0.15) is 43.4 Å². The number of imidazole rings is 1. The number of Topliss-reactive ketones (excluding diaryl/α,β-unsaturated/α-hetero) is 1. The maximum Gasteiger partial charge on any atom is 0.295 e. The Morgan fingerprint density at radius 1 is 1.09 bits per heavy atom. The van der Waals surface area contributed by atoms with Crippen LogP contribution < -0.4 is 4.74 Å². The second-order valence-electron chi connectivity index (χ2n) is 8.16. The number of hydrogen-bond acceptors (Lipinski definition) is 6. The van der Waals surface area contributed by atoms with E-state index in [1.807, 2.05) is 16.8 Å². The van der Waals surface area contributed by atoms with Crippen LogP contribution in [-0.2, 0) is 16.1 Å². The van der Waals surface area contributed by atoms with E-state index >= 15 is 0 Å². The van der Waals surface area contributed by atoms with Gasteiger partial charge in [0, 0.05) is 43.4 Å². The van der Waals surface area contributed by atoms with Crippen molar-refractivity contribution >= 4 is 17.4 Å². The van der Waals surface area contributed by atoms with Crippen LogP contribution in [0.5, 0.6) is 5.75 Å². The van der Waals surface area contributed by atoms with E-state index in [1.165, 1.54) is 4.90 Å². The maximum absolute atomic E-state index is 13.1. The first-order valence-electron chi connectivity index (χ1n) is 11.5. The lowest BCUT2D eigenvalue weighted by atomic mass is 9.96. The molecule has 1 aliphatic rings. The lowest BCUT2D eigenvalue weighted by Crippen LogP contribution is -2.31. The number of ether oxygens (including phenoxy) is 1.